The third-order valence-corrected chi connectivity index (χ3v) is 3.72. The molecule has 1 amide bonds. The molecule has 1 heterocycles. The summed E-state index contributed by atoms with van der Waals surface area (Å²) < 4.78 is 5.59. The van der Waals surface area contributed by atoms with Crippen LogP contribution in [0, 0.1) is 5.92 Å². The van der Waals surface area contributed by atoms with Gasteiger partial charge in [-0.15, -0.1) is 24.8 Å². The average Bonchev–Trinajstić information content (AvgIpc) is 2.53. The quantitative estimate of drug-likeness (QED) is 0.802. The molecule has 23 heavy (non-hydrogen) atoms. The van der Waals surface area contributed by atoms with E-state index in [4.69, 9.17) is 10.5 Å². The van der Waals surface area contributed by atoms with Crippen LogP contribution in [0.2, 0.25) is 0 Å². The first-order chi connectivity index (χ1) is 10.2. The van der Waals surface area contributed by atoms with Crippen molar-refractivity contribution in [2.45, 2.75) is 19.6 Å². The Bertz CT molecular complexity index is 448. The second-order valence-corrected chi connectivity index (χ2v) is 5.67. The molecule has 3 N–H and O–H groups in total. The molecule has 132 valence electrons. The molecular weight excluding hydrogens is 337 g/mol. The van der Waals surface area contributed by atoms with E-state index in [-0.39, 0.29) is 42.7 Å². The maximum absolute atomic E-state index is 12.1. The van der Waals surface area contributed by atoms with Gasteiger partial charge < -0.3 is 15.8 Å². The molecule has 0 bridgehead atoms. The molecule has 5 nitrogen and oxygen atoms in total. The fraction of sp³-hybridized carbons (Fsp3) is 0.562. The number of ether oxygens (including phenoxy) is 1. The molecule has 7 heteroatoms. The maximum Gasteiger partial charge on any atom is 0.250 e. The lowest BCUT2D eigenvalue weighted by Crippen LogP contribution is -2.50. The van der Waals surface area contributed by atoms with E-state index < -0.39 is 0 Å². The number of rotatable bonds is 6. The van der Waals surface area contributed by atoms with E-state index in [1.54, 1.807) is 0 Å². The van der Waals surface area contributed by atoms with E-state index in [2.05, 4.69) is 22.3 Å². The van der Waals surface area contributed by atoms with Crippen LogP contribution in [0.1, 0.15) is 12.5 Å². The second-order valence-electron chi connectivity index (χ2n) is 5.67. The number of hydrogen-bond donors (Lipinski definition) is 2. The first-order valence-electron chi connectivity index (χ1n) is 7.54. The van der Waals surface area contributed by atoms with Crippen LogP contribution >= 0.6 is 24.8 Å². The number of nitrogens with two attached hydrogens (primary N) is 1. The van der Waals surface area contributed by atoms with Crippen molar-refractivity contribution in [3.63, 3.8) is 0 Å². The molecule has 1 aromatic rings. The number of nitrogens with one attached hydrogen (secondary N) is 1. The number of morpholine rings is 1. The minimum atomic E-state index is -0.382. The Hall–Kier alpha value is -0.850. The monoisotopic (exact) mass is 363 g/mol. The molecule has 0 spiro atoms. The van der Waals surface area contributed by atoms with Crippen molar-refractivity contribution in [2.75, 3.05) is 32.8 Å². The number of amides is 1. The van der Waals surface area contributed by atoms with Gasteiger partial charge in [0.15, 0.2) is 0 Å². The van der Waals surface area contributed by atoms with Crippen molar-refractivity contribution in [1.82, 2.24) is 10.2 Å². The van der Waals surface area contributed by atoms with Crippen molar-refractivity contribution >= 4 is 30.7 Å². The van der Waals surface area contributed by atoms with Crippen LogP contribution in [0.15, 0.2) is 30.3 Å². The lowest BCUT2D eigenvalue weighted by Gasteiger charge is -2.32. The van der Waals surface area contributed by atoms with E-state index in [0.717, 1.165) is 13.1 Å². The maximum atomic E-state index is 12.1. The van der Waals surface area contributed by atoms with E-state index in [1.807, 2.05) is 25.1 Å². The highest BCUT2D eigenvalue weighted by Gasteiger charge is 2.26. The highest BCUT2D eigenvalue weighted by molar-refractivity contribution is 5.85. The summed E-state index contributed by atoms with van der Waals surface area (Å²) in [6.45, 7) is 6.14. The summed E-state index contributed by atoms with van der Waals surface area (Å²) in [4.78, 5) is 14.4. The van der Waals surface area contributed by atoms with Crippen molar-refractivity contribution in [3.8, 4) is 0 Å². The summed E-state index contributed by atoms with van der Waals surface area (Å²) in [5.41, 5.74) is 6.81. The van der Waals surface area contributed by atoms with Gasteiger partial charge in [0.2, 0.25) is 5.91 Å². The molecule has 1 fully saturated rings. The van der Waals surface area contributed by atoms with Crippen LogP contribution in [0.5, 0.6) is 0 Å². The fourth-order valence-corrected chi connectivity index (χ4v) is 2.32. The van der Waals surface area contributed by atoms with Gasteiger partial charge in [-0.1, -0.05) is 37.3 Å². The smallest absolute Gasteiger partial charge is 0.250 e. The van der Waals surface area contributed by atoms with E-state index >= 15 is 0 Å². The third-order valence-electron chi connectivity index (χ3n) is 3.72. The normalized spacial score (nSPS) is 19.1. The van der Waals surface area contributed by atoms with Gasteiger partial charge in [0.1, 0.15) is 6.10 Å². The predicted octanol–water partition coefficient (Wildman–Crippen LogP) is 1.44. The van der Waals surface area contributed by atoms with E-state index in [1.165, 1.54) is 5.56 Å². The molecule has 2 unspecified atom stereocenters. The van der Waals surface area contributed by atoms with Gasteiger partial charge in [-0.3, -0.25) is 9.69 Å². The Morgan fingerprint density at radius 3 is 2.74 bits per heavy atom. The second kappa shape index (κ2) is 11.6. The SMILES string of the molecule is CC(CN)CNC(=O)C1CN(Cc2ccccc2)CCO1.Cl.Cl. The van der Waals surface area contributed by atoms with Gasteiger partial charge >= 0.3 is 0 Å². The zero-order valence-corrected chi connectivity index (χ0v) is 15.1. The summed E-state index contributed by atoms with van der Waals surface area (Å²) >= 11 is 0. The van der Waals surface area contributed by atoms with Crippen molar-refractivity contribution in [3.05, 3.63) is 35.9 Å². The standard InChI is InChI=1S/C16H25N3O2.2ClH/c1-13(9-17)10-18-16(20)15-12-19(7-8-21-15)11-14-5-3-2-4-6-14;;/h2-6,13,15H,7-12,17H2,1H3,(H,18,20);2*1H. The van der Waals surface area contributed by atoms with Crippen molar-refractivity contribution < 1.29 is 9.53 Å². The molecular formula is C16H27Cl2N3O2. The first kappa shape index (κ1) is 22.1. The van der Waals surface area contributed by atoms with E-state index in [0.29, 0.717) is 26.2 Å². The lowest BCUT2D eigenvalue weighted by atomic mass is 10.1. The summed E-state index contributed by atoms with van der Waals surface area (Å²) in [5, 5.41) is 2.92. The molecule has 0 aromatic heterocycles. The van der Waals surface area contributed by atoms with Crippen molar-refractivity contribution in [1.29, 1.82) is 0 Å². The first-order valence-corrected chi connectivity index (χ1v) is 7.54. The minimum Gasteiger partial charge on any atom is -0.366 e. The summed E-state index contributed by atoms with van der Waals surface area (Å²) in [7, 11) is 0. The molecule has 0 saturated carbocycles. The van der Waals surface area contributed by atoms with Gasteiger partial charge in [-0.25, -0.2) is 0 Å². The number of benzene rings is 1. The molecule has 2 rings (SSSR count). The molecule has 1 saturated heterocycles. The van der Waals surface area contributed by atoms with E-state index in [9.17, 15) is 4.79 Å². The number of halogens is 2. The van der Waals surface area contributed by atoms with Gasteiger partial charge in [-0.05, 0) is 18.0 Å². The zero-order valence-electron chi connectivity index (χ0n) is 13.4. The molecule has 0 radical (unpaired) electrons. The number of nitrogens with zero attached hydrogens (tertiary/aromatic N) is 1. The number of carbonyl (C=O) groups is 1. The highest BCUT2D eigenvalue weighted by atomic mass is 35.5. The topological polar surface area (TPSA) is 67.6 Å². The predicted molar refractivity (Wildman–Crippen MR) is 97.2 cm³/mol. The number of carbonyl (C=O) groups excluding carboxylic acids is 1. The third kappa shape index (κ3) is 7.50. The van der Waals surface area contributed by atoms with Gasteiger partial charge in [0, 0.05) is 26.2 Å². The van der Waals surface area contributed by atoms with Gasteiger partial charge in [0.05, 0.1) is 6.61 Å². The Morgan fingerprint density at radius 2 is 2.09 bits per heavy atom. The van der Waals surface area contributed by atoms with Crippen LogP contribution in [0.25, 0.3) is 0 Å². The van der Waals surface area contributed by atoms with Crippen LogP contribution in [-0.4, -0.2) is 49.7 Å². The highest BCUT2D eigenvalue weighted by Crippen LogP contribution is 2.10. The molecule has 1 aliphatic heterocycles. The summed E-state index contributed by atoms with van der Waals surface area (Å²) in [5.74, 6) is 0.256. The van der Waals surface area contributed by atoms with Crippen LogP contribution in [0.3, 0.4) is 0 Å². The molecule has 1 aliphatic rings. The van der Waals surface area contributed by atoms with Crippen LogP contribution < -0.4 is 11.1 Å². The average molecular weight is 364 g/mol. The van der Waals surface area contributed by atoms with Crippen LogP contribution in [0.4, 0.5) is 0 Å². The molecule has 2 atom stereocenters. The van der Waals surface area contributed by atoms with Gasteiger partial charge in [-0.2, -0.15) is 0 Å². The fourth-order valence-electron chi connectivity index (χ4n) is 2.32. The largest absolute Gasteiger partial charge is 0.366 e. The Morgan fingerprint density at radius 1 is 1.39 bits per heavy atom. The number of hydrogen-bond acceptors (Lipinski definition) is 4. The molecule has 1 aromatic carbocycles. The van der Waals surface area contributed by atoms with Gasteiger partial charge in [0.25, 0.3) is 0 Å². The molecule has 0 aliphatic carbocycles. The van der Waals surface area contributed by atoms with Crippen LogP contribution in [-0.2, 0) is 16.1 Å². The Labute approximate surface area is 150 Å². The Balaban J connectivity index is 0.00000242. The summed E-state index contributed by atoms with van der Waals surface area (Å²) in [6.07, 6.45) is -0.382. The zero-order chi connectivity index (χ0) is 15.1. The lowest BCUT2D eigenvalue weighted by molar-refractivity contribution is -0.138. The van der Waals surface area contributed by atoms with Crippen molar-refractivity contribution in [2.24, 2.45) is 11.7 Å². The minimum absolute atomic E-state index is 0. The summed E-state index contributed by atoms with van der Waals surface area (Å²) in [6, 6.07) is 10.3. The Kier molecular flexibility index (Phi) is 11.2.